The van der Waals surface area contributed by atoms with Crippen molar-refractivity contribution in [3.8, 4) is 0 Å². The van der Waals surface area contributed by atoms with Gasteiger partial charge in [0, 0.05) is 17.9 Å². The van der Waals surface area contributed by atoms with Crippen LogP contribution in [-0.4, -0.2) is 34.5 Å². The summed E-state index contributed by atoms with van der Waals surface area (Å²) in [6.45, 7) is 14.0. The minimum absolute atomic E-state index is 0.0450. The Balaban J connectivity index is 2.37. The van der Waals surface area contributed by atoms with Gasteiger partial charge in [0.1, 0.15) is 6.10 Å². The van der Waals surface area contributed by atoms with Gasteiger partial charge in [-0.25, -0.2) is 4.79 Å². The first-order valence-corrected chi connectivity index (χ1v) is 8.93. The van der Waals surface area contributed by atoms with Crippen LogP contribution in [0.1, 0.15) is 53.9 Å². The van der Waals surface area contributed by atoms with Crippen LogP contribution in [0.4, 0.5) is 0 Å². The fourth-order valence-electron chi connectivity index (χ4n) is 4.65. The fraction of sp³-hybridized carbons (Fsp3) is 0.750. The number of ether oxygens (including phenoxy) is 1. The molecule has 2 N–H and O–H groups in total. The second kappa shape index (κ2) is 7.01. The molecular formula is C20H32O4. The van der Waals surface area contributed by atoms with Gasteiger partial charge >= 0.3 is 5.97 Å². The summed E-state index contributed by atoms with van der Waals surface area (Å²) in [6, 6.07) is 0. The van der Waals surface area contributed by atoms with Gasteiger partial charge in [0.2, 0.25) is 0 Å². The molecule has 0 aromatic rings. The second-order valence-electron chi connectivity index (χ2n) is 8.41. The highest BCUT2D eigenvalue weighted by Crippen LogP contribution is 2.56. The lowest BCUT2D eigenvalue weighted by atomic mass is 9.51. The smallest absolute Gasteiger partial charge is 0.331 e. The van der Waals surface area contributed by atoms with Crippen LogP contribution in [0.5, 0.6) is 0 Å². The molecule has 4 nitrogen and oxygen atoms in total. The lowest BCUT2D eigenvalue weighted by molar-refractivity contribution is -0.193. The van der Waals surface area contributed by atoms with Crippen LogP contribution < -0.4 is 0 Å². The van der Waals surface area contributed by atoms with Crippen molar-refractivity contribution < 1.29 is 19.7 Å². The monoisotopic (exact) mass is 336 g/mol. The summed E-state index contributed by atoms with van der Waals surface area (Å²) < 4.78 is 5.71. The van der Waals surface area contributed by atoms with E-state index in [9.17, 15) is 15.0 Å². The highest BCUT2D eigenvalue weighted by molar-refractivity contribution is 5.82. The largest absolute Gasteiger partial charge is 0.456 e. The van der Waals surface area contributed by atoms with Gasteiger partial charge in [-0.2, -0.15) is 0 Å². The summed E-state index contributed by atoms with van der Waals surface area (Å²) >= 11 is 0. The van der Waals surface area contributed by atoms with Gasteiger partial charge in [-0.1, -0.05) is 31.6 Å². The molecule has 2 rings (SSSR count). The van der Waals surface area contributed by atoms with Crippen molar-refractivity contribution in [1.29, 1.82) is 0 Å². The molecular weight excluding hydrogens is 304 g/mol. The molecule has 2 aliphatic carbocycles. The summed E-state index contributed by atoms with van der Waals surface area (Å²) in [4.78, 5) is 12.2. The average Bonchev–Trinajstić information content (AvgIpc) is 2.44. The number of carbonyl (C=O) groups is 1. The highest BCUT2D eigenvalue weighted by atomic mass is 16.6. The zero-order chi connectivity index (χ0) is 18.2. The Bertz CT molecular complexity index is 534. The standard InChI is InChI=1S/C20H32O4/c1-11(2)7-17(22)24-19-16-9-14(21)8-13(5)20(16,6)10-15(12(3)4)18(19)23/h7,13-16,18-19,21,23H,3,8-10H2,1-2,4-6H3. The molecule has 0 radical (unpaired) electrons. The maximum absolute atomic E-state index is 12.2. The van der Waals surface area contributed by atoms with Crippen LogP contribution in [0.2, 0.25) is 0 Å². The molecule has 0 aliphatic heterocycles. The molecule has 2 saturated carbocycles. The molecule has 2 aliphatic rings. The summed E-state index contributed by atoms with van der Waals surface area (Å²) in [7, 11) is 0. The maximum atomic E-state index is 12.2. The number of aliphatic hydroxyl groups is 2. The maximum Gasteiger partial charge on any atom is 0.331 e. The van der Waals surface area contributed by atoms with E-state index < -0.39 is 24.3 Å². The SMILES string of the molecule is C=C(C)C1CC2(C)C(C)CC(O)CC2C(OC(=O)C=C(C)C)C1O. The molecule has 0 heterocycles. The second-order valence-corrected chi connectivity index (χ2v) is 8.41. The van der Waals surface area contributed by atoms with Gasteiger partial charge < -0.3 is 14.9 Å². The van der Waals surface area contributed by atoms with Gasteiger partial charge in [0.25, 0.3) is 0 Å². The van der Waals surface area contributed by atoms with E-state index in [4.69, 9.17) is 4.74 Å². The number of aliphatic hydroxyl groups excluding tert-OH is 2. The molecule has 0 aromatic heterocycles. The predicted molar refractivity (Wildman–Crippen MR) is 94.2 cm³/mol. The van der Waals surface area contributed by atoms with Crippen LogP contribution >= 0.6 is 0 Å². The van der Waals surface area contributed by atoms with E-state index >= 15 is 0 Å². The summed E-state index contributed by atoms with van der Waals surface area (Å²) in [5, 5.41) is 21.1. The van der Waals surface area contributed by atoms with E-state index in [1.54, 1.807) is 0 Å². The van der Waals surface area contributed by atoms with E-state index in [-0.39, 0.29) is 17.3 Å². The van der Waals surface area contributed by atoms with Crippen molar-refractivity contribution in [3.63, 3.8) is 0 Å². The number of fused-ring (bicyclic) bond motifs is 1. The Kier molecular flexibility index (Phi) is 5.61. The van der Waals surface area contributed by atoms with Crippen LogP contribution in [0, 0.1) is 23.2 Å². The Morgan fingerprint density at radius 1 is 1.25 bits per heavy atom. The summed E-state index contributed by atoms with van der Waals surface area (Å²) in [5.74, 6) is -0.258. The molecule has 0 saturated heterocycles. The van der Waals surface area contributed by atoms with E-state index in [1.807, 2.05) is 20.8 Å². The molecule has 0 bridgehead atoms. The Morgan fingerprint density at radius 2 is 1.88 bits per heavy atom. The topological polar surface area (TPSA) is 66.8 Å². The van der Waals surface area contributed by atoms with Gasteiger partial charge in [0.15, 0.2) is 0 Å². The Hall–Kier alpha value is -1.13. The van der Waals surface area contributed by atoms with Crippen LogP contribution in [0.25, 0.3) is 0 Å². The number of allylic oxidation sites excluding steroid dienone is 1. The van der Waals surface area contributed by atoms with Gasteiger partial charge in [0.05, 0.1) is 12.2 Å². The minimum atomic E-state index is -0.771. The van der Waals surface area contributed by atoms with E-state index in [2.05, 4.69) is 20.4 Å². The molecule has 4 heteroatoms. The quantitative estimate of drug-likeness (QED) is 0.472. The molecule has 24 heavy (non-hydrogen) atoms. The van der Waals surface area contributed by atoms with Gasteiger partial charge in [-0.05, 0) is 51.4 Å². The van der Waals surface area contributed by atoms with E-state index in [0.717, 1.165) is 24.0 Å². The molecule has 7 atom stereocenters. The summed E-state index contributed by atoms with van der Waals surface area (Å²) in [5.41, 5.74) is 1.70. The van der Waals surface area contributed by atoms with E-state index in [1.165, 1.54) is 6.08 Å². The number of hydrogen-bond acceptors (Lipinski definition) is 4. The van der Waals surface area contributed by atoms with Crippen molar-refractivity contribution in [2.24, 2.45) is 23.2 Å². The number of rotatable bonds is 3. The normalized spacial score (nSPS) is 42.0. The third kappa shape index (κ3) is 3.60. The van der Waals surface area contributed by atoms with Crippen molar-refractivity contribution in [1.82, 2.24) is 0 Å². The molecule has 0 amide bonds. The zero-order valence-electron chi connectivity index (χ0n) is 15.6. The van der Waals surface area contributed by atoms with E-state index in [0.29, 0.717) is 12.3 Å². The third-order valence-corrected chi connectivity index (χ3v) is 6.22. The number of hydrogen-bond donors (Lipinski definition) is 2. The molecule has 0 spiro atoms. The first-order valence-electron chi connectivity index (χ1n) is 8.93. The van der Waals surface area contributed by atoms with Crippen molar-refractivity contribution in [2.45, 2.75) is 72.2 Å². The number of esters is 1. The molecule has 2 fully saturated rings. The Morgan fingerprint density at radius 3 is 2.42 bits per heavy atom. The van der Waals surface area contributed by atoms with Crippen LogP contribution in [0.3, 0.4) is 0 Å². The molecule has 136 valence electrons. The van der Waals surface area contributed by atoms with Crippen LogP contribution in [-0.2, 0) is 9.53 Å². The van der Waals surface area contributed by atoms with Crippen molar-refractivity contribution in [2.75, 3.05) is 0 Å². The highest BCUT2D eigenvalue weighted by Gasteiger charge is 2.56. The van der Waals surface area contributed by atoms with Gasteiger partial charge in [-0.15, -0.1) is 0 Å². The molecule has 0 aromatic carbocycles. The predicted octanol–water partition coefficient (Wildman–Crippen LogP) is 3.23. The lowest BCUT2D eigenvalue weighted by Crippen LogP contribution is -2.59. The number of carbonyl (C=O) groups excluding carboxylic acids is 1. The van der Waals surface area contributed by atoms with Crippen molar-refractivity contribution in [3.05, 3.63) is 23.8 Å². The molecule has 7 unspecified atom stereocenters. The minimum Gasteiger partial charge on any atom is -0.456 e. The first kappa shape index (κ1) is 19.2. The zero-order valence-corrected chi connectivity index (χ0v) is 15.6. The third-order valence-electron chi connectivity index (χ3n) is 6.22. The van der Waals surface area contributed by atoms with Crippen molar-refractivity contribution >= 4 is 5.97 Å². The Labute approximate surface area is 145 Å². The van der Waals surface area contributed by atoms with Gasteiger partial charge in [-0.3, -0.25) is 0 Å². The summed E-state index contributed by atoms with van der Waals surface area (Å²) in [6.07, 6.45) is 1.80. The van der Waals surface area contributed by atoms with Crippen LogP contribution in [0.15, 0.2) is 23.8 Å². The lowest BCUT2D eigenvalue weighted by Gasteiger charge is -2.57. The first-order chi connectivity index (χ1) is 11.1. The fourth-order valence-corrected chi connectivity index (χ4v) is 4.65. The average molecular weight is 336 g/mol.